The number of carboxylic acid groups (broad SMARTS) is 1. The molecule has 0 spiro atoms. The van der Waals surface area contributed by atoms with E-state index in [1.54, 1.807) is 0 Å². The van der Waals surface area contributed by atoms with Crippen LogP contribution < -0.4 is 5.32 Å². The fourth-order valence-corrected chi connectivity index (χ4v) is 2.28. The first-order valence-electron chi connectivity index (χ1n) is 5.61. The van der Waals surface area contributed by atoms with E-state index in [-0.39, 0.29) is 24.1 Å². The average molecular weight is 215 g/mol. The molecule has 0 amide bonds. The Morgan fingerprint density at radius 3 is 2.73 bits per heavy atom. The third-order valence-corrected chi connectivity index (χ3v) is 3.61. The van der Waals surface area contributed by atoms with Gasteiger partial charge in [0.1, 0.15) is 0 Å². The SMILES string of the molecule is CCOC1CC(NCC(=O)O)C1(C)CC. The first kappa shape index (κ1) is 12.5. The molecule has 0 aromatic heterocycles. The lowest BCUT2D eigenvalue weighted by molar-refractivity contribution is -0.141. The first-order chi connectivity index (χ1) is 7.04. The third kappa shape index (κ3) is 2.49. The van der Waals surface area contributed by atoms with Gasteiger partial charge in [-0.1, -0.05) is 13.8 Å². The predicted octanol–water partition coefficient (Wildman–Crippen LogP) is 1.25. The lowest BCUT2D eigenvalue weighted by atomic mass is 9.61. The van der Waals surface area contributed by atoms with Crippen molar-refractivity contribution in [3.63, 3.8) is 0 Å². The van der Waals surface area contributed by atoms with E-state index in [0.717, 1.165) is 19.4 Å². The van der Waals surface area contributed by atoms with E-state index in [2.05, 4.69) is 19.2 Å². The highest BCUT2D eigenvalue weighted by Crippen LogP contribution is 2.45. The van der Waals surface area contributed by atoms with E-state index >= 15 is 0 Å². The van der Waals surface area contributed by atoms with Gasteiger partial charge in [0, 0.05) is 18.1 Å². The van der Waals surface area contributed by atoms with E-state index in [1.807, 2.05) is 6.92 Å². The maximum absolute atomic E-state index is 10.5. The van der Waals surface area contributed by atoms with Crippen molar-refractivity contribution in [2.45, 2.75) is 45.8 Å². The molecule has 0 aromatic rings. The van der Waals surface area contributed by atoms with Gasteiger partial charge >= 0.3 is 5.97 Å². The third-order valence-electron chi connectivity index (χ3n) is 3.61. The van der Waals surface area contributed by atoms with Crippen molar-refractivity contribution in [3.05, 3.63) is 0 Å². The Bertz CT molecular complexity index is 232. The van der Waals surface area contributed by atoms with Crippen LogP contribution in [-0.2, 0) is 9.53 Å². The summed E-state index contributed by atoms with van der Waals surface area (Å²) in [5, 5.41) is 11.7. The smallest absolute Gasteiger partial charge is 0.317 e. The maximum Gasteiger partial charge on any atom is 0.317 e. The molecule has 0 saturated heterocycles. The molecule has 15 heavy (non-hydrogen) atoms. The number of rotatable bonds is 6. The minimum absolute atomic E-state index is 0.0408. The summed E-state index contributed by atoms with van der Waals surface area (Å²) in [6.07, 6.45) is 2.21. The van der Waals surface area contributed by atoms with E-state index in [9.17, 15) is 4.79 Å². The summed E-state index contributed by atoms with van der Waals surface area (Å²) >= 11 is 0. The second kappa shape index (κ2) is 4.94. The van der Waals surface area contributed by atoms with Crippen molar-refractivity contribution < 1.29 is 14.6 Å². The monoisotopic (exact) mass is 215 g/mol. The summed E-state index contributed by atoms with van der Waals surface area (Å²) in [6.45, 7) is 7.05. The quantitative estimate of drug-likeness (QED) is 0.700. The highest BCUT2D eigenvalue weighted by Gasteiger charge is 2.50. The number of nitrogens with one attached hydrogen (secondary N) is 1. The standard InChI is InChI=1S/C11H21NO3/c1-4-11(3)8(12-7-10(13)14)6-9(11)15-5-2/h8-9,12H,4-7H2,1-3H3,(H,13,14). The van der Waals surface area contributed by atoms with E-state index in [0.29, 0.717) is 0 Å². The van der Waals surface area contributed by atoms with Gasteiger partial charge in [0.15, 0.2) is 0 Å². The van der Waals surface area contributed by atoms with Crippen molar-refractivity contribution in [3.8, 4) is 0 Å². The zero-order valence-corrected chi connectivity index (χ0v) is 9.75. The lowest BCUT2D eigenvalue weighted by Gasteiger charge is -2.53. The highest BCUT2D eigenvalue weighted by molar-refractivity contribution is 5.69. The molecule has 88 valence electrons. The van der Waals surface area contributed by atoms with Crippen molar-refractivity contribution in [1.29, 1.82) is 0 Å². The number of hydrogen-bond donors (Lipinski definition) is 2. The number of carbonyl (C=O) groups is 1. The van der Waals surface area contributed by atoms with Crippen LogP contribution in [0.3, 0.4) is 0 Å². The molecule has 0 heterocycles. The summed E-state index contributed by atoms with van der Waals surface area (Å²) < 4.78 is 5.63. The Kier molecular flexibility index (Phi) is 4.11. The second-order valence-corrected chi connectivity index (χ2v) is 4.37. The fourth-order valence-electron chi connectivity index (χ4n) is 2.28. The minimum Gasteiger partial charge on any atom is -0.480 e. The molecule has 3 unspecified atom stereocenters. The molecule has 0 bridgehead atoms. The Balaban J connectivity index is 2.45. The molecule has 1 rings (SSSR count). The molecule has 1 saturated carbocycles. The Morgan fingerprint density at radius 2 is 2.27 bits per heavy atom. The van der Waals surface area contributed by atoms with Crippen LogP contribution in [0.5, 0.6) is 0 Å². The topological polar surface area (TPSA) is 58.6 Å². The molecular formula is C11H21NO3. The van der Waals surface area contributed by atoms with Gasteiger partial charge in [-0.15, -0.1) is 0 Å². The Labute approximate surface area is 91.0 Å². The molecular weight excluding hydrogens is 194 g/mol. The van der Waals surface area contributed by atoms with Crippen molar-refractivity contribution in [1.82, 2.24) is 5.32 Å². The highest BCUT2D eigenvalue weighted by atomic mass is 16.5. The Hall–Kier alpha value is -0.610. The van der Waals surface area contributed by atoms with Crippen LogP contribution in [0.25, 0.3) is 0 Å². The predicted molar refractivity (Wildman–Crippen MR) is 57.9 cm³/mol. The largest absolute Gasteiger partial charge is 0.480 e. The van der Waals surface area contributed by atoms with Crippen LogP contribution in [0.4, 0.5) is 0 Å². The van der Waals surface area contributed by atoms with Gasteiger partial charge in [0.05, 0.1) is 12.6 Å². The molecule has 4 heteroatoms. The number of aliphatic carboxylic acids is 1. The van der Waals surface area contributed by atoms with Gasteiger partial charge < -0.3 is 15.2 Å². The van der Waals surface area contributed by atoms with Crippen molar-refractivity contribution in [2.75, 3.05) is 13.2 Å². The molecule has 1 fully saturated rings. The van der Waals surface area contributed by atoms with Crippen molar-refractivity contribution in [2.24, 2.45) is 5.41 Å². The lowest BCUT2D eigenvalue weighted by Crippen LogP contribution is -2.62. The first-order valence-corrected chi connectivity index (χ1v) is 5.61. The van der Waals surface area contributed by atoms with Crippen LogP contribution >= 0.6 is 0 Å². The summed E-state index contributed by atoms with van der Waals surface area (Å²) in [6, 6.07) is 0.273. The summed E-state index contributed by atoms with van der Waals surface area (Å²) in [5.74, 6) is -0.798. The molecule has 3 atom stereocenters. The van der Waals surface area contributed by atoms with Gasteiger partial charge in [0.2, 0.25) is 0 Å². The zero-order chi connectivity index (χ0) is 11.5. The van der Waals surface area contributed by atoms with Gasteiger partial charge in [-0.05, 0) is 19.8 Å². The van der Waals surface area contributed by atoms with Gasteiger partial charge in [0.25, 0.3) is 0 Å². The number of carboxylic acids is 1. The minimum atomic E-state index is -0.798. The van der Waals surface area contributed by atoms with E-state index in [4.69, 9.17) is 9.84 Å². The molecule has 4 nitrogen and oxygen atoms in total. The van der Waals surface area contributed by atoms with E-state index in [1.165, 1.54) is 0 Å². The van der Waals surface area contributed by atoms with Gasteiger partial charge in [-0.3, -0.25) is 4.79 Å². The van der Waals surface area contributed by atoms with Gasteiger partial charge in [-0.25, -0.2) is 0 Å². The molecule has 2 N–H and O–H groups in total. The average Bonchev–Trinajstić information content (AvgIpc) is 2.20. The summed E-state index contributed by atoms with van der Waals surface area (Å²) in [4.78, 5) is 10.5. The van der Waals surface area contributed by atoms with Crippen LogP contribution in [-0.4, -0.2) is 36.4 Å². The van der Waals surface area contributed by atoms with E-state index < -0.39 is 5.97 Å². The van der Waals surface area contributed by atoms with Crippen molar-refractivity contribution >= 4 is 5.97 Å². The number of hydrogen-bond acceptors (Lipinski definition) is 3. The molecule has 0 aromatic carbocycles. The van der Waals surface area contributed by atoms with Crippen LogP contribution in [0.1, 0.15) is 33.6 Å². The summed E-state index contributed by atoms with van der Waals surface area (Å²) in [5.41, 5.74) is 0.0888. The van der Waals surface area contributed by atoms with Crippen LogP contribution in [0, 0.1) is 5.41 Å². The van der Waals surface area contributed by atoms with Crippen LogP contribution in [0.15, 0.2) is 0 Å². The normalized spacial score (nSPS) is 34.9. The maximum atomic E-state index is 10.5. The Morgan fingerprint density at radius 1 is 1.60 bits per heavy atom. The summed E-state index contributed by atoms with van der Waals surface area (Å²) in [7, 11) is 0. The van der Waals surface area contributed by atoms with Crippen LogP contribution in [0.2, 0.25) is 0 Å². The zero-order valence-electron chi connectivity index (χ0n) is 9.75. The molecule has 1 aliphatic carbocycles. The molecule has 0 radical (unpaired) electrons. The molecule has 0 aliphatic heterocycles. The fraction of sp³-hybridized carbons (Fsp3) is 0.909. The second-order valence-electron chi connectivity index (χ2n) is 4.37. The molecule has 1 aliphatic rings. The number of ether oxygens (including phenoxy) is 1. The van der Waals surface area contributed by atoms with Gasteiger partial charge in [-0.2, -0.15) is 0 Å².